The molecule has 0 fully saturated rings. The van der Waals surface area contributed by atoms with Crippen LogP contribution in [0.15, 0.2) is 41.5 Å². The van der Waals surface area contributed by atoms with Gasteiger partial charge in [-0.1, -0.05) is 17.7 Å². The van der Waals surface area contributed by atoms with Crippen molar-refractivity contribution in [2.75, 3.05) is 13.7 Å². The molecule has 0 heterocycles. The largest absolute Gasteiger partial charge is 0.495 e. The van der Waals surface area contributed by atoms with Crippen LogP contribution in [0.2, 0.25) is 0 Å². The van der Waals surface area contributed by atoms with E-state index in [1.807, 2.05) is 43.3 Å². The van der Waals surface area contributed by atoms with Crippen molar-refractivity contribution in [1.82, 2.24) is 5.43 Å². The van der Waals surface area contributed by atoms with Gasteiger partial charge in [0, 0.05) is 9.13 Å². The molecule has 1 amide bonds. The highest BCUT2D eigenvalue weighted by Crippen LogP contribution is 2.26. The van der Waals surface area contributed by atoms with E-state index in [-0.39, 0.29) is 12.5 Å². The molecular weight excluding hydrogens is 534 g/mol. The molecule has 0 aliphatic carbocycles. The second kappa shape index (κ2) is 9.21. The summed E-state index contributed by atoms with van der Waals surface area (Å²) in [5.41, 5.74) is 4.38. The Morgan fingerprint density at radius 2 is 1.96 bits per heavy atom. The van der Waals surface area contributed by atoms with E-state index < -0.39 is 0 Å². The standard InChI is InChI=1S/C17H16I2N2O3/c1-11-3-5-14(6-4-11)24-10-16(22)21-20-9-12-7-13(18)8-15(19)17(12)23-2/h3-9H,10H2,1-2H3,(H,21,22). The zero-order valence-corrected chi connectivity index (χ0v) is 17.5. The molecule has 0 aliphatic heterocycles. The van der Waals surface area contributed by atoms with Crippen LogP contribution in [0, 0.1) is 14.1 Å². The summed E-state index contributed by atoms with van der Waals surface area (Å²) in [5.74, 6) is 1.05. The van der Waals surface area contributed by atoms with Gasteiger partial charge in [0.1, 0.15) is 11.5 Å². The number of aryl methyl sites for hydroxylation is 1. The fourth-order valence-electron chi connectivity index (χ4n) is 1.88. The molecule has 0 radical (unpaired) electrons. The van der Waals surface area contributed by atoms with E-state index in [4.69, 9.17) is 9.47 Å². The van der Waals surface area contributed by atoms with Crippen molar-refractivity contribution < 1.29 is 14.3 Å². The minimum atomic E-state index is -0.328. The smallest absolute Gasteiger partial charge is 0.277 e. The molecule has 0 bridgehead atoms. The number of methoxy groups -OCH3 is 1. The van der Waals surface area contributed by atoms with Crippen molar-refractivity contribution in [3.8, 4) is 11.5 Å². The zero-order chi connectivity index (χ0) is 17.5. The van der Waals surface area contributed by atoms with Crippen LogP contribution < -0.4 is 14.9 Å². The lowest BCUT2D eigenvalue weighted by Gasteiger charge is -2.08. The lowest BCUT2D eigenvalue weighted by molar-refractivity contribution is -0.123. The number of carbonyl (C=O) groups excluding carboxylic acids is 1. The minimum Gasteiger partial charge on any atom is -0.495 e. The number of carbonyl (C=O) groups is 1. The third-order valence-electron chi connectivity index (χ3n) is 3.03. The summed E-state index contributed by atoms with van der Waals surface area (Å²) in [4.78, 5) is 11.8. The fraction of sp³-hybridized carbons (Fsp3) is 0.176. The van der Waals surface area contributed by atoms with E-state index in [1.165, 1.54) is 0 Å². The van der Waals surface area contributed by atoms with Crippen LogP contribution in [0.4, 0.5) is 0 Å². The SMILES string of the molecule is COc1c(I)cc(I)cc1C=NNC(=O)COc1ccc(C)cc1. The molecule has 1 N–H and O–H groups in total. The summed E-state index contributed by atoms with van der Waals surface area (Å²) in [6.45, 7) is 1.90. The number of hydrogen-bond donors (Lipinski definition) is 1. The predicted molar refractivity (Wildman–Crippen MR) is 111 cm³/mol. The number of hydrogen-bond acceptors (Lipinski definition) is 4. The molecule has 2 aromatic rings. The van der Waals surface area contributed by atoms with Crippen LogP contribution in [0.5, 0.6) is 11.5 Å². The summed E-state index contributed by atoms with van der Waals surface area (Å²) in [6, 6.07) is 11.4. The Morgan fingerprint density at radius 3 is 2.62 bits per heavy atom. The number of hydrazone groups is 1. The van der Waals surface area contributed by atoms with E-state index in [0.717, 1.165) is 24.0 Å². The Balaban J connectivity index is 1.91. The summed E-state index contributed by atoms with van der Waals surface area (Å²) in [7, 11) is 1.61. The van der Waals surface area contributed by atoms with E-state index >= 15 is 0 Å². The Labute approximate surface area is 168 Å². The van der Waals surface area contributed by atoms with Gasteiger partial charge in [0.05, 0.1) is 16.9 Å². The van der Waals surface area contributed by atoms with Gasteiger partial charge in [-0.05, 0) is 76.4 Å². The average molecular weight is 550 g/mol. The van der Waals surface area contributed by atoms with Crippen LogP contribution in [0.25, 0.3) is 0 Å². The van der Waals surface area contributed by atoms with Gasteiger partial charge in [-0.2, -0.15) is 5.10 Å². The predicted octanol–water partition coefficient (Wildman–Crippen LogP) is 3.74. The molecule has 0 aromatic heterocycles. The average Bonchev–Trinajstić information content (AvgIpc) is 2.54. The summed E-state index contributed by atoms with van der Waals surface area (Å²) in [6.07, 6.45) is 1.56. The first-order valence-electron chi connectivity index (χ1n) is 7.04. The first-order chi connectivity index (χ1) is 11.5. The highest BCUT2D eigenvalue weighted by molar-refractivity contribution is 14.1. The van der Waals surface area contributed by atoms with E-state index in [1.54, 1.807) is 13.3 Å². The maximum Gasteiger partial charge on any atom is 0.277 e. The summed E-state index contributed by atoms with van der Waals surface area (Å²) >= 11 is 4.42. The number of rotatable bonds is 6. The second-order valence-corrected chi connectivity index (χ2v) is 7.31. The van der Waals surface area contributed by atoms with E-state index in [2.05, 4.69) is 55.7 Å². The number of nitrogens with one attached hydrogen (secondary N) is 1. The number of ether oxygens (including phenoxy) is 2. The first kappa shape index (κ1) is 19.0. The molecule has 0 saturated heterocycles. The third-order valence-corrected chi connectivity index (χ3v) is 4.45. The van der Waals surface area contributed by atoms with Crippen molar-refractivity contribution in [3.63, 3.8) is 0 Å². The lowest BCUT2D eigenvalue weighted by atomic mass is 10.2. The Kier molecular flexibility index (Phi) is 7.28. The second-order valence-electron chi connectivity index (χ2n) is 4.90. The molecule has 0 unspecified atom stereocenters. The molecule has 24 heavy (non-hydrogen) atoms. The van der Waals surface area contributed by atoms with Gasteiger partial charge < -0.3 is 9.47 Å². The van der Waals surface area contributed by atoms with E-state index in [9.17, 15) is 4.79 Å². The molecule has 7 heteroatoms. The van der Waals surface area contributed by atoms with Crippen LogP contribution in [0.1, 0.15) is 11.1 Å². The van der Waals surface area contributed by atoms with E-state index in [0.29, 0.717) is 5.75 Å². The lowest BCUT2D eigenvalue weighted by Crippen LogP contribution is -2.24. The normalized spacial score (nSPS) is 10.7. The molecule has 0 aliphatic rings. The third kappa shape index (κ3) is 5.62. The van der Waals surface area contributed by atoms with Crippen molar-refractivity contribution in [2.24, 2.45) is 5.10 Å². The number of nitrogens with zero attached hydrogens (tertiary/aromatic N) is 1. The monoisotopic (exact) mass is 550 g/mol. The fourth-order valence-corrected chi connectivity index (χ4v) is 3.99. The van der Waals surface area contributed by atoms with Gasteiger partial charge in [-0.25, -0.2) is 5.43 Å². The zero-order valence-electron chi connectivity index (χ0n) is 13.2. The van der Waals surface area contributed by atoms with Crippen LogP contribution in [-0.2, 0) is 4.79 Å². The number of halogens is 2. The van der Waals surface area contributed by atoms with Gasteiger partial charge in [0.15, 0.2) is 6.61 Å². The van der Waals surface area contributed by atoms with Crippen LogP contribution in [0.3, 0.4) is 0 Å². The molecule has 2 aromatic carbocycles. The molecule has 2 rings (SSSR count). The molecule has 0 atom stereocenters. The van der Waals surface area contributed by atoms with Gasteiger partial charge in [0.25, 0.3) is 5.91 Å². The van der Waals surface area contributed by atoms with Gasteiger partial charge in [-0.15, -0.1) is 0 Å². The highest BCUT2D eigenvalue weighted by atomic mass is 127. The quantitative estimate of drug-likeness (QED) is 0.339. The molecule has 126 valence electrons. The highest BCUT2D eigenvalue weighted by Gasteiger charge is 2.07. The molecular formula is C17H16I2N2O3. The molecule has 5 nitrogen and oxygen atoms in total. The topological polar surface area (TPSA) is 59.9 Å². The van der Waals surface area contributed by atoms with Crippen LogP contribution >= 0.6 is 45.2 Å². The van der Waals surface area contributed by atoms with Crippen molar-refractivity contribution in [2.45, 2.75) is 6.92 Å². The Hall–Kier alpha value is -1.36. The Morgan fingerprint density at radius 1 is 1.25 bits per heavy atom. The van der Waals surface area contributed by atoms with Crippen molar-refractivity contribution in [3.05, 3.63) is 54.7 Å². The maximum absolute atomic E-state index is 11.8. The molecule has 0 saturated carbocycles. The van der Waals surface area contributed by atoms with Crippen LogP contribution in [-0.4, -0.2) is 25.8 Å². The van der Waals surface area contributed by atoms with Gasteiger partial charge in [0.2, 0.25) is 0 Å². The number of amides is 1. The van der Waals surface area contributed by atoms with Crippen molar-refractivity contribution >= 4 is 57.3 Å². The Bertz CT molecular complexity index is 746. The van der Waals surface area contributed by atoms with Gasteiger partial charge in [-0.3, -0.25) is 4.79 Å². The number of benzene rings is 2. The van der Waals surface area contributed by atoms with Gasteiger partial charge >= 0.3 is 0 Å². The minimum absolute atomic E-state index is 0.0958. The molecule has 0 spiro atoms. The summed E-state index contributed by atoms with van der Waals surface area (Å²) < 4.78 is 12.8. The first-order valence-corrected chi connectivity index (χ1v) is 9.19. The summed E-state index contributed by atoms with van der Waals surface area (Å²) in [5, 5.41) is 3.97. The maximum atomic E-state index is 11.8. The van der Waals surface area contributed by atoms with Crippen molar-refractivity contribution in [1.29, 1.82) is 0 Å².